The minimum Gasteiger partial charge on any atom is -0.381 e. The van der Waals surface area contributed by atoms with Gasteiger partial charge in [0.1, 0.15) is 0 Å². The van der Waals surface area contributed by atoms with Crippen molar-refractivity contribution < 1.29 is 4.74 Å². The lowest BCUT2D eigenvalue weighted by Gasteiger charge is -2.30. The molecule has 1 atom stereocenters. The van der Waals surface area contributed by atoms with Crippen molar-refractivity contribution in [3.63, 3.8) is 0 Å². The highest BCUT2D eigenvalue weighted by Crippen LogP contribution is 2.24. The predicted molar refractivity (Wildman–Crippen MR) is 85.1 cm³/mol. The maximum atomic E-state index is 5.44. The first-order chi connectivity index (χ1) is 9.60. The lowest BCUT2D eigenvalue weighted by atomic mass is 9.91. The summed E-state index contributed by atoms with van der Waals surface area (Å²) in [5.41, 5.74) is 2.81. The molecule has 1 aromatic carbocycles. The second-order valence-electron chi connectivity index (χ2n) is 6.42. The average molecular weight is 275 g/mol. The van der Waals surface area contributed by atoms with Crippen molar-refractivity contribution >= 4 is 0 Å². The van der Waals surface area contributed by atoms with Crippen LogP contribution in [0.5, 0.6) is 0 Å². The molecule has 0 heterocycles. The molecule has 1 aliphatic carbocycles. The molecule has 112 valence electrons. The van der Waals surface area contributed by atoms with Gasteiger partial charge in [-0.05, 0) is 49.7 Å². The largest absolute Gasteiger partial charge is 0.381 e. The number of ether oxygens (including phenoxy) is 1. The zero-order valence-electron chi connectivity index (χ0n) is 13.4. The smallest absolute Gasteiger partial charge is 0.0572 e. The normalized spacial score (nSPS) is 24.9. The van der Waals surface area contributed by atoms with Gasteiger partial charge in [-0.3, -0.25) is 0 Å². The molecule has 2 rings (SSSR count). The number of hydrogen-bond acceptors (Lipinski definition) is 2. The Morgan fingerprint density at radius 2 is 1.50 bits per heavy atom. The Morgan fingerprint density at radius 3 is 2.00 bits per heavy atom. The highest BCUT2D eigenvalue weighted by atomic mass is 16.5. The Labute approximate surface area is 123 Å². The molecule has 0 radical (unpaired) electrons. The van der Waals surface area contributed by atoms with Crippen LogP contribution in [0.2, 0.25) is 0 Å². The van der Waals surface area contributed by atoms with Crippen molar-refractivity contribution in [1.82, 2.24) is 5.32 Å². The molecule has 1 aromatic rings. The lowest BCUT2D eigenvalue weighted by Crippen LogP contribution is -2.36. The van der Waals surface area contributed by atoms with E-state index < -0.39 is 0 Å². The van der Waals surface area contributed by atoms with Crippen molar-refractivity contribution in [2.75, 3.05) is 7.11 Å². The molecule has 2 nitrogen and oxygen atoms in total. The van der Waals surface area contributed by atoms with Gasteiger partial charge in [0.2, 0.25) is 0 Å². The van der Waals surface area contributed by atoms with E-state index in [4.69, 9.17) is 4.74 Å². The van der Waals surface area contributed by atoms with E-state index in [2.05, 4.69) is 50.4 Å². The van der Waals surface area contributed by atoms with E-state index in [0.29, 0.717) is 24.1 Å². The highest BCUT2D eigenvalue weighted by Gasteiger charge is 2.22. The van der Waals surface area contributed by atoms with E-state index in [-0.39, 0.29) is 0 Å². The van der Waals surface area contributed by atoms with E-state index in [1.807, 2.05) is 7.11 Å². The van der Waals surface area contributed by atoms with Gasteiger partial charge in [-0.25, -0.2) is 0 Å². The summed E-state index contributed by atoms with van der Waals surface area (Å²) in [7, 11) is 1.83. The Kier molecular flexibility index (Phi) is 5.62. The Bertz CT molecular complexity index is 390. The summed E-state index contributed by atoms with van der Waals surface area (Å²) >= 11 is 0. The third kappa shape index (κ3) is 4.07. The Morgan fingerprint density at radius 1 is 0.950 bits per heavy atom. The topological polar surface area (TPSA) is 21.3 Å². The summed E-state index contributed by atoms with van der Waals surface area (Å²) in [5.74, 6) is 0.608. The van der Waals surface area contributed by atoms with Gasteiger partial charge in [0.05, 0.1) is 6.10 Å². The van der Waals surface area contributed by atoms with Crippen molar-refractivity contribution in [1.29, 1.82) is 0 Å². The van der Waals surface area contributed by atoms with Crippen LogP contribution in [0, 0.1) is 0 Å². The molecule has 0 aliphatic heterocycles. The molecule has 0 bridgehead atoms. The molecule has 0 aromatic heterocycles. The summed E-state index contributed by atoms with van der Waals surface area (Å²) in [5, 5.41) is 3.77. The van der Waals surface area contributed by atoms with E-state index in [1.54, 1.807) is 0 Å². The van der Waals surface area contributed by atoms with E-state index in [1.165, 1.54) is 36.8 Å². The van der Waals surface area contributed by atoms with Gasteiger partial charge >= 0.3 is 0 Å². The van der Waals surface area contributed by atoms with Crippen LogP contribution in [0.4, 0.5) is 0 Å². The highest BCUT2D eigenvalue weighted by molar-refractivity contribution is 5.26. The van der Waals surface area contributed by atoms with Crippen LogP contribution in [-0.2, 0) is 4.74 Å². The molecule has 0 spiro atoms. The Hall–Kier alpha value is -0.860. The third-order valence-electron chi connectivity index (χ3n) is 4.60. The van der Waals surface area contributed by atoms with Gasteiger partial charge in [0.25, 0.3) is 0 Å². The summed E-state index contributed by atoms with van der Waals surface area (Å²) in [6, 6.07) is 10.1. The minimum absolute atomic E-state index is 0.431. The van der Waals surface area contributed by atoms with Crippen LogP contribution in [0.15, 0.2) is 24.3 Å². The van der Waals surface area contributed by atoms with Gasteiger partial charge in [0.15, 0.2) is 0 Å². The number of hydrogen-bond donors (Lipinski definition) is 1. The number of nitrogens with one attached hydrogen (secondary N) is 1. The van der Waals surface area contributed by atoms with Gasteiger partial charge < -0.3 is 10.1 Å². The van der Waals surface area contributed by atoms with Crippen LogP contribution in [0.25, 0.3) is 0 Å². The van der Waals surface area contributed by atoms with Crippen molar-refractivity contribution in [3.8, 4) is 0 Å². The first-order valence-electron chi connectivity index (χ1n) is 7.99. The second kappa shape index (κ2) is 7.24. The van der Waals surface area contributed by atoms with E-state index in [0.717, 1.165) is 0 Å². The molecule has 1 aliphatic rings. The SMILES string of the molecule is COC1CCC(NC(C)c2ccc(C(C)C)cc2)CC1. The van der Waals surface area contributed by atoms with Gasteiger partial charge in [0, 0.05) is 19.2 Å². The molecule has 1 N–H and O–H groups in total. The van der Waals surface area contributed by atoms with Crippen LogP contribution >= 0.6 is 0 Å². The summed E-state index contributed by atoms with van der Waals surface area (Å²) in [6.07, 6.45) is 5.31. The summed E-state index contributed by atoms with van der Waals surface area (Å²) in [6.45, 7) is 6.75. The lowest BCUT2D eigenvalue weighted by molar-refractivity contribution is 0.0614. The van der Waals surface area contributed by atoms with Crippen molar-refractivity contribution in [2.45, 2.75) is 70.6 Å². The quantitative estimate of drug-likeness (QED) is 0.859. The zero-order valence-corrected chi connectivity index (χ0v) is 13.4. The standard InChI is InChI=1S/C18H29NO/c1-13(2)15-5-7-16(8-6-15)14(3)19-17-9-11-18(20-4)12-10-17/h5-8,13-14,17-19H,9-12H2,1-4H3. The first kappa shape index (κ1) is 15.5. The molecular formula is C18H29NO. The van der Waals surface area contributed by atoms with Crippen molar-refractivity contribution in [2.24, 2.45) is 0 Å². The zero-order chi connectivity index (χ0) is 14.5. The molecule has 1 saturated carbocycles. The average Bonchev–Trinajstić information content (AvgIpc) is 2.48. The van der Waals surface area contributed by atoms with Crippen molar-refractivity contribution in [3.05, 3.63) is 35.4 Å². The predicted octanol–water partition coefficient (Wildman–Crippen LogP) is 4.42. The maximum absolute atomic E-state index is 5.44. The van der Waals surface area contributed by atoms with Gasteiger partial charge in [-0.15, -0.1) is 0 Å². The molecule has 2 heteroatoms. The fraction of sp³-hybridized carbons (Fsp3) is 0.667. The molecule has 0 amide bonds. The van der Waals surface area contributed by atoms with Gasteiger partial charge in [-0.1, -0.05) is 38.1 Å². The fourth-order valence-corrected chi connectivity index (χ4v) is 3.08. The van der Waals surface area contributed by atoms with Crippen LogP contribution in [-0.4, -0.2) is 19.3 Å². The number of benzene rings is 1. The van der Waals surface area contributed by atoms with Crippen LogP contribution in [0.1, 0.15) is 69.5 Å². The number of methoxy groups -OCH3 is 1. The second-order valence-corrected chi connectivity index (χ2v) is 6.42. The van der Waals surface area contributed by atoms with E-state index >= 15 is 0 Å². The van der Waals surface area contributed by atoms with Gasteiger partial charge in [-0.2, -0.15) is 0 Å². The third-order valence-corrected chi connectivity index (χ3v) is 4.60. The van der Waals surface area contributed by atoms with Crippen LogP contribution in [0.3, 0.4) is 0 Å². The molecule has 20 heavy (non-hydrogen) atoms. The Balaban J connectivity index is 1.87. The molecule has 0 saturated heterocycles. The summed E-state index contributed by atoms with van der Waals surface area (Å²) < 4.78 is 5.44. The minimum atomic E-state index is 0.431. The molecule has 1 unspecified atom stereocenters. The van der Waals surface area contributed by atoms with E-state index in [9.17, 15) is 0 Å². The fourth-order valence-electron chi connectivity index (χ4n) is 3.08. The van der Waals surface area contributed by atoms with Crippen LogP contribution < -0.4 is 5.32 Å². The molecular weight excluding hydrogens is 246 g/mol. The first-order valence-corrected chi connectivity index (χ1v) is 7.99. The maximum Gasteiger partial charge on any atom is 0.0572 e. The number of rotatable bonds is 5. The monoisotopic (exact) mass is 275 g/mol. The summed E-state index contributed by atoms with van der Waals surface area (Å²) in [4.78, 5) is 0. The molecule has 1 fully saturated rings.